The van der Waals surface area contributed by atoms with E-state index in [0.29, 0.717) is 12.8 Å². The molecule has 0 aromatic heterocycles. The number of carboxylic acid groups (broad SMARTS) is 1. The Morgan fingerprint density at radius 1 is 0.615 bits per heavy atom. The highest BCUT2D eigenvalue weighted by Gasteiger charge is 2.47. The molecule has 1 heterocycles. The van der Waals surface area contributed by atoms with Crippen LogP contribution in [-0.4, -0.2) is 88.4 Å². The molecular formula is C41H68O11. The second-order valence-corrected chi connectivity index (χ2v) is 13.4. The average molecular weight is 737 g/mol. The fourth-order valence-corrected chi connectivity index (χ4v) is 5.60. The molecule has 11 heteroatoms. The van der Waals surface area contributed by atoms with Crippen molar-refractivity contribution >= 4 is 17.9 Å². The van der Waals surface area contributed by atoms with Gasteiger partial charge in [0.15, 0.2) is 18.5 Å². The molecule has 52 heavy (non-hydrogen) atoms. The van der Waals surface area contributed by atoms with E-state index in [1.165, 1.54) is 57.8 Å². The third-order valence-electron chi connectivity index (χ3n) is 8.71. The quantitative estimate of drug-likeness (QED) is 0.0318. The fraction of sp³-hybridized carbons (Fsp3) is 0.732. The van der Waals surface area contributed by atoms with Gasteiger partial charge in [-0.1, -0.05) is 140 Å². The zero-order valence-corrected chi connectivity index (χ0v) is 31.8. The molecule has 0 bridgehead atoms. The summed E-state index contributed by atoms with van der Waals surface area (Å²) in [6, 6.07) is 0. The van der Waals surface area contributed by atoms with Crippen LogP contribution in [0.3, 0.4) is 0 Å². The van der Waals surface area contributed by atoms with Gasteiger partial charge in [-0.15, -0.1) is 0 Å². The number of carbonyl (C=O) groups is 3. The molecular weight excluding hydrogens is 668 g/mol. The first-order valence-corrected chi connectivity index (χ1v) is 19.7. The zero-order valence-electron chi connectivity index (χ0n) is 31.8. The smallest absolute Gasteiger partial charge is 0.335 e. The molecule has 0 spiro atoms. The molecule has 0 aromatic carbocycles. The molecule has 298 valence electrons. The molecule has 0 amide bonds. The lowest BCUT2D eigenvalue weighted by Crippen LogP contribution is -2.60. The van der Waals surface area contributed by atoms with Crippen molar-refractivity contribution in [3.8, 4) is 0 Å². The summed E-state index contributed by atoms with van der Waals surface area (Å²) in [6.07, 6.45) is 26.2. The second-order valence-electron chi connectivity index (χ2n) is 13.4. The minimum Gasteiger partial charge on any atom is -0.479 e. The van der Waals surface area contributed by atoms with Crippen molar-refractivity contribution in [2.24, 2.45) is 0 Å². The van der Waals surface area contributed by atoms with Crippen LogP contribution in [0, 0.1) is 0 Å². The van der Waals surface area contributed by atoms with Crippen LogP contribution in [-0.2, 0) is 33.3 Å². The molecule has 6 unspecified atom stereocenters. The highest BCUT2D eigenvalue weighted by atomic mass is 16.7. The summed E-state index contributed by atoms with van der Waals surface area (Å²) in [5.74, 6) is -2.55. The van der Waals surface area contributed by atoms with E-state index < -0.39 is 61.3 Å². The fourth-order valence-electron chi connectivity index (χ4n) is 5.60. The first-order valence-electron chi connectivity index (χ1n) is 19.7. The number of esters is 2. The predicted octanol–water partition coefficient (Wildman–Crippen LogP) is 7.42. The number of carboxylic acids is 1. The summed E-state index contributed by atoms with van der Waals surface area (Å²) in [5, 5.41) is 39.6. The maximum Gasteiger partial charge on any atom is 0.335 e. The number of hydrogen-bond donors (Lipinski definition) is 4. The number of aliphatic hydroxyl groups is 3. The molecule has 0 aliphatic carbocycles. The SMILES string of the molecule is CC/C=C\C/C=C\C/C=C\C/C=C\CCC(=O)OCC(COC1OC(C(=O)O)C(O)C(O)C1O)OC(=O)CCCCCCCCCCCCCCC. The molecule has 1 aliphatic heterocycles. The third-order valence-corrected chi connectivity index (χ3v) is 8.71. The van der Waals surface area contributed by atoms with E-state index in [-0.39, 0.29) is 19.4 Å². The number of rotatable bonds is 31. The lowest BCUT2D eigenvalue weighted by atomic mass is 9.99. The van der Waals surface area contributed by atoms with E-state index in [1.54, 1.807) is 0 Å². The Labute approximate surface area is 312 Å². The zero-order chi connectivity index (χ0) is 38.2. The monoisotopic (exact) mass is 736 g/mol. The molecule has 0 radical (unpaired) electrons. The van der Waals surface area contributed by atoms with Gasteiger partial charge in [0.1, 0.15) is 24.9 Å². The van der Waals surface area contributed by atoms with E-state index in [1.807, 2.05) is 12.2 Å². The van der Waals surface area contributed by atoms with Crippen LogP contribution < -0.4 is 0 Å². The second kappa shape index (κ2) is 31.7. The molecule has 4 N–H and O–H groups in total. The number of unbranched alkanes of at least 4 members (excludes halogenated alkanes) is 12. The molecule has 1 rings (SSSR count). The number of ether oxygens (including phenoxy) is 4. The van der Waals surface area contributed by atoms with Crippen molar-refractivity contribution < 1.29 is 53.8 Å². The number of aliphatic hydroxyl groups excluding tert-OH is 3. The Balaban J connectivity index is 2.49. The molecule has 1 fully saturated rings. The highest BCUT2D eigenvalue weighted by molar-refractivity contribution is 5.73. The van der Waals surface area contributed by atoms with Gasteiger partial charge in [0.25, 0.3) is 0 Å². The van der Waals surface area contributed by atoms with Crippen LogP contribution in [0.4, 0.5) is 0 Å². The number of aliphatic carboxylic acids is 1. The van der Waals surface area contributed by atoms with Gasteiger partial charge in [-0.2, -0.15) is 0 Å². The molecule has 0 saturated carbocycles. The molecule has 1 aliphatic rings. The normalized spacial score (nSPS) is 21.4. The van der Waals surface area contributed by atoms with Gasteiger partial charge in [0.05, 0.1) is 6.61 Å². The Morgan fingerprint density at radius 2 is 1.13 bits per heavy atom. The van der Waals surface area contributed by atoms with Gasteiger partial charge >= 0.3 is 17.9 Å². The summed E-state index contributed by atoms with van der Waals surface area (Å²) < 4.78 is 21.6. The standard InChI is InChI=1S/C41H68O11/c1-3-5-7-9-11-13-15-17-19-21-23-25-27-29-34(42)49-31-33(32-50-41-38(46)36(44)37(45)39(52-41)40(47)48)51-35(43)30-28-26-24-22-20-18-16-14-12-10-8-6-4-2/h5,7,11,13,17,19,23,25,33,36-39,41,44-46H,3-4,6,8-10,12,14-16,18,20-22,24,26-32H2,1-2H3,(H,47,48)/b7-5-,13-11-,19-17-,25-23-. The van der Waals surface area contributed by atoms with Crippen molar-refractivity contribution in [1.29, 1.82) is 0 Å². The van der Waals surface area contributed by atoms with Crippen LogP contribution in [0.2, 0.25) is 0 Å². The third kappa shape index (κ3) is 23.7. The summed E-state index contributed by atoms with van der Waals surface area (Å²) in [5.41, 5.74) is 0. The summed E-state index contributed by atoms with van der Waals surface area (Å²) >= 11 is 0. The van der Waals surface area contributed by atoms with Crippen LogP contribution >= 0.6 is 0 Å². The summed E-state index contributed by atoms with van der Waals surface area (Å²) in [7, 11) is 0. The van der Waals surface area contributed by atoms with Crippen molar-refractivity contribution in [2.75, 3.05) is 13.2 Å². The summed E-state index contributed by atoms with van der Waals surface area (Å²) in [6.45, 7) is 3.60. The minimum atomic E-state index is -1.87. The Hall–Kier alpha value is -2.83. The number of carbonyl (C=O) groups excluding carboxylic acids is 2. The van der Waals surface area contributed by atoms with Gasteiger partial charge in [-0.05, 0) is 38.5 Å². The molecule has 11 nitrogen and oxygen atoms in total. The van der Waals surface area contributed by atoms with Gasteiger partial charge in [0.2, 0.25) is 0 Å². The van der Waals surface area contributed by atoms with Crippen molar-refractivity contribution in [3.05, 3.63) is 48.6 Å². The summed E-state index contributed by atoms with van der Waals surface area (Å²) in [4.78, 5) is 36.6. The molecule has 1 saturated heterocycles. The largest absolute Gasteiger partial charge is 0.479 e. The van der Waals surface area contributed by atoms with Gasteiger partial charge in [-0.25, -0.2) is 4.79 Å². The Morgan fingerprint density at radius 3 is 1.67 bits per heavy atom. The van der Waals surface area contributed by atoms with Gasteiger partial charge in [-0.3, -0.25) is 9.59 Å². The first-order chi connectivity index (χ1) is 25.2. The van der Waals surface area contributed by atoms with E-state index in [2.05, 4.69) is 50.3 Å². The lowest BCUT2D eigenvalue weighted by Gasteiger charge is -2.38. The van der Waals surface area contributed by atoms with Crippen molar-refractivity contribution in [2.45, 2.75) is 179 Å². The van der Waals surface area contributed by atoms with Crippen LogP contribution in [0.5, 0.6) is 0 Å². The number of allylic oxidation sites excluding steroid dienone is 8. The average Bonchev–Trinajstić information content (AvgIpc) is 3.12. The van der Waals surface area contributed by atoms with Crippen LogP contribution in [0.15, 0.2) is 48.6 Å². The van der Waals surface area contributed by atoms with Crippen LogP contribution in [0.25, 0.3) is 0 Å². The highest BCUT2D eigenvalue weighted by Crippen LogP contribution is 2.23. The van der Waals surface area contributed by atoms with E-state index in [9.17, 15) is 34.8 Å². The lowest BCUT2D eigenvalue weighted by molar-refractivity contribution is -0.298. The topological polar surface area (TPSA) is 169 Å². The van der Waals surface area contributed by atoms with E-state index >= 15 is 0 Å². The molecule has 6 atom stereocenters. The Kier molecular flexibility index (Phi) is 28.7. The van der Waals surface area contributed by atoms with Gasteiger partial charge in [0, 0.05) is 12.8 Å². The van der Waals surface area contributed by atoms with Crippen molar-refractivity contribution in [1.82, 2.24) is 0 Å². The van der Waals surface area contributed by atoms with Crippen LogP contribution in [0.1, 0.15) is 142 Å². The predicted molar refractivity (Wildman–Crippen MR) is 201 cm³/mol. The Bertz CT molecular complexity index is 1050. The number of hydrogen-bond acceptors (Lipinski definition) is 10. The maximum atomic E-state index is 12.7. The first kappa shape index (κ1) is 47.2. The maximum absolute atomic E-state index is 12.7. The van der Waals surface area contributed by atoms with Crippen molar-refractivity contribution in [3.63, 3.8) is 0 Å². The van der Waals surface area contributed by atoms with Gasteiger partial charge < -0.3 is 39.4 Å². The minimum absolute atomic E-state index is 0.115. The van der Waals surface area contributed by atoms with E-state index in [0.717, 1.165) is 44.9 Å². The van der Waals surface area contributed by atoms with E-state index in [4.69, 9.17) is 18.9 Å². The molecule has 0 aromatic rings.